The molecule has 0 aromatic carbocycles. The lowest BCUT2D eigenvalue weighted by molar-refractivity contribution is 1.22. The molecule has 0 aliphatic heterocycles. The number of aliphatic imine (C=N–C) groups is 1. The molecule has 0 aliphatic carbocycles. The van der Waals surface area contributed by atoms with E-state index >= 15 is 0 Å². The fraction of sp³-hybridized carbons (Fsp3) is 0.273. The van der Waals surface area contributed by atoms with Crippen molar-refractivity contribution < 1.29 is 0 Å². The molecule has 0 saturated heterocycles. The third-order valence-corrected chi connectivity index (χ3v) is 1.83. The van der Waals surface area contributed by atoms with Crippen LogP contribution < -0.4 is 5.73 Å². The average Bonchev–Trinajstić information content (AvgIpc) is 2.21. The van der Waals surface area contributed by atoms with Crippen molar-refractivity contribution in [3.8, 4) is 0 Å². The summed E-state index contributed by atoms with van der Waals surface area (Å²) >= 11 is 0. The van der Waals surface area contributed by atoms with Gasteiger partial charge in [-0.3, -0.25) is 9.98 Å². The second kappa shape index (κ2) is 5.17. The van der Waals surface area contributed by atoms with Crippen LogP contribution in [0.2, 0.25) is 0 Å². The molecule has 0 bridgehead atoms. The first-order valence-electron chi connectivity index (χ1n) is 4.63. The van der Waals surface area contributed by atoms with Gasteiger partial charge in [-0.05, 0) is 24.6 Å². The van der Waals surface area contributed by atoms with Crippen LogP contribution in [0.15, 0.2) is 35.5 Å². The number of nitrogens with zero attached hydrogens (tertiary/aromatic N) is 2. The normalized spacial score (nSPS) is 12.3. The summed E-state index contributed by atoms with van der Waals surface area (Å²) in [5.41, 5.74) is 8.03. The Morgan fingerprint density at radius 1 is 1.64 bits per heavy atom. The highest BCUT2D eigenvalue weighted by Crippen LogP contribution is 2.09. The lowest BCUT2D eigenvalue weighted by atomic mass is 10.2. The number of allylic oxidation sites excluding steroid dienone is 2. The minimum absolute atomic E-state index is 0.661. The van der Waals surface area contributed by atoms with E-state index in [-0.39, 0.29) is 0 Å². The second-order valence-electron chi connectivity index (χ2n) is 2.86. The van der Waals surface area contributed by atoms with E-state index in [1.807, 2.05) is 24.3 Å². The molecule has 74 valence electrons. The highest BCUT2D eigenvalue weighted by atomic mass is 14.8. The average molecular weight is 189 g/mol. The van der Waals surface area contributed by atoms with Gasteiger partial charge in [0.05, 0.1) is 11.4 Å². The van der Waals surface area contributed by atoms with Crippen molar-refractivity contribution in [1.29, 1.82) is 0 Å². The second-order valence-corrected chi connectivity index (χ2v) is 2.86. The van der Waals surface area contributed by atoms with Gasteiger partial charge in [0.2, 0.25) is 0 Å². The van der Waals surface area contributed by atoms with Crippen LogP contribution in [0.4, 0.5) is 5.69 Å². The number of anilines is 1. The smallest absolute Gasteiger partial charge is 0.111 e. The minimum atomic E-state index is 0.661. The molecular weight excluding hydrogens is 174 g/mol. The Kier molecular flexibility index (Phi) is 3.85. The van der Waals surface area contributed by atoms with Crippen LogP contribution in [0, 0.1) is 0 Å². The van der Waals surface area contributed by atoms with Gasteiger partial charge in [0.1, 0.15) is 5.69 Å². The van der Waals surface area contributed by atoms with E-state index in [0.29, 0.717) is 5.69 Å². The van der Waals surface area contributed by atoms with E-state index in [1.165, 1.54) is 0 Å². The van der Waals surface area contributed by atoms with Gasteiger partial charge in [0.15, 0.2) is 0 Å². The Labute approximate surface area is 84.4 Å². The van der Waals surface area contributed by atoms with Crippen molar-refractivity contribution >= 4 is 11.4 Å². The number of pyridine rings is 1. The van der Waals surface area contributed by atoms with Crippen molar-refractivity contribution in [3.05, 3.63) is 36.2 Å². The Hall–Kier alpha value is -1.64. The van der Waals surface area contributed by atoms with Gasteiger partial charge < -0.3 is 5.73 Å². The lowest BCUT2D eigenvalue weighted by Gasteiger charge is -2.02. The number of hydrogen-bond donors (Lipinski definition) is 1. The Morgan fingerprint density at radius 3 is 3.00 bits per heavy atom. The maximum absolute atomic E-state index is 5.79. The van der Waals surface area contributed by atoms with Gasteiger partial charge in [-0.2, -0.15) is 0 Å². The Morgan fingerprint density at radius 2 is 2.43 bits per heavy atom. The van der Waals surface area contributed by atoms with Crippen molar-refractivity contribution in [3.63, 3.8) is 0 Å². The Balaban J connectivity index is 3.02. The van der Waals surface area contributed by atoms with Gasteiger partial charge in [0, 0.05) is 13.2 Å². The molecule has 2 N–H and O–H groups in total. The highest BCUT2D eigenvalue weighted by Gasteiger charge is 2.03. The summed E-state index contributed by atoms with van der Waals surface area (Å²) in [4.78, 5) is 8.34. The molecule has 0 spiro atoms. The maximum atomic E-state index is 5.79. The third kappa shape index (κ3) is 2.42. The summed E-state index contributed by atoms with van der Waals surface area (Å²) in [5, 5.41) is 0. The van der Waals surface area contributed by atoms with Crippen LogP contribution in [0.5, 0.6) is 0 Å². The first-order valence-corrected chi connectivity index (χ1v) is 4.63. The fourth-order valence-electron chi connectivity index (χ4n) is 1.12. The van der Waals surface area contributed by atoms with E-state index in [2.05, 4.69) is 16.9 Å². The number of hydrogen-bond acceptors (Lipinski definition) is 3. The molecule has 1 aromatic rings. The zero-order valence-electron chi connectivity index (χ0n) is 8.57. The van der Waals surface area contributed by atoms with Crippen molar-refractivity contribution in [1.82, 2.24) is 4.98 Å². The fourth-order valence-corrected chi connectivity index (χ4v) is 1.12. The third-order valence-electron chi connectivity index (χ3n) is 1.83. The summed E-state index contributed by atoms with van der Waals surface area (Å²) in [6.07, 6.45) is 6.68. The summed E-state index contributed by atoms with van der Waals surface area (Å²) in [6, 6.07) is 3.64. The molecule has 0 unspecified atom stereocenters. The number of aromatic nitrogens is 1. The zero-order valence-corrected chi connectivity index (χ0v) is 8.57. The zero-order chi connectivity index (χ0) is 10.4. The summed E-state index contributed by atoms with van der Waals surface area (Å²) in [5.74, 6) is 0. The molecule has 0 radical (unpaired) electrons. The van der Waals surface area contributed by atoms with Crippen LogP contribution in [0.3, 0.4) is 0 Å². The van der Waals surface area contributed by atoms with Crippen LogP contribution >= 0.6 is 0 Å². The minimum Gasteiger partial charge on any atom is -0.397 e. The van der Waals surface area contributed by atoms with Gasteiger partial charge in [0.25, 0.3) is 0 Å². The van der Waals surface area contributed by atoms with E-state index < -0.39 is 0 Å². The van der Waals surface area contributed by atoms with Crippen LogP contribution in [-0.2, 0) is 0 Å². The predicted octanol–water partition coefficient (Wildman–Crippen LogP) is 2.05. The van der Waals surface area contributed by atoms with Crippen molar-refractivity contribution in [2.24, 2.45) is 4.99 Å². The molecule has 0 amide bonds. The topological polar surface area (TPSA) is 51.3 Å². The van der Waals surface area contributed by atoms with Gasteiger partial charge in [-0.15, -0.1) is 0 Å². The highest BCUT2D eigenvalue weighted by molar-refractivity contribution is 6.10. The summed E-state index contributed by atoms with van der Waals surface area (Å²) in [6.45, 7) is 2.07. The summed E-state index contributed by atoms with van der Waals surface area (Å²) in [7, 11) is 1.74. The number of rotatable bonds is 3. The molecule has 1 rings (SSSR count). The van der Waals surface area contributed by atoms with Crippen molar-refractivity contribution in [2.75, 3.05) is 12.8 Å². The molecule has 0 atom stereocenters. The number of nitrogens with two attached hydrogens (primary N) is 1. The molecule has 1 heterocycles. The largest absolute Gasteiger partial charge is 0.397 e. The Bertz CT molecular complexity index is 353. The molecule has 14 heavy (non-hydrogen) atoms. The molecule has 3 nitrogen and oxygen atoms in total. The standard InChI is InChI=1S/C11H15N3/c1-3-4-7-10(13-2)11-9(12)6-5-8-14-11/h4-8H,3,12H2,1-2H3/b7-4-,13-10?. The molecule has 1 aromatic heterocycles. The molecule has 0 saturated carbocycles. The van der Waals surface area contributed by atoms with E-state index in [1.54, 1.807) is 13.2 Å². The van der Waals surface area contributed by atoms with Crippen molar-refractivity contribution in [2.45, 2.75) is 13.3 Å². The number of nitrogen functional groups attached to an aromatic ring is 1. The van der Waals surface area contributed by atoms with E-state index in [9.17, 15) is 0 Å². The molecule has 0 aliphatic rings. The molecule has 3 heteroatoms. The van der Waals surface area contributed by atoms with Gasteiger partial charge in [-0.1, -0.05) is 13.0 Å². The quantitative estimate of drug-likeness (QED) is 0.740. The van der Waals surface area contributed by atoms with Crippen LogP contribution in [0.25, 0.3) is 0 Å². The maximum Gasteiger partial charge on any atom is 0.111 e. The molecule has 0 fully saturated rings. The SMILES string of the molecule is CC/C=C\C(=NC)c1ncccc1N. The lowest BCUT2D eigenvalue weighted by Crippen LogP contribution is -2.04. The summed E-state index contributed by atoms with van der Waals surface area (Å²) < 4.78 is 0. The predicted molar refractivity (Wildman–Crippen MR) is 60.5 cm³/mol. The first-order chi connectivity index (χ1) is 6.79. The first kappa shape index (κ1) is 10.4. The van der Waals surface area contributed by atoms with Crippen LogP contribution in [0.1, 0.15) is 19.0 Å². The van der Waals surface area contributed by atoms with Gasteiger partial charge in [-0.25, -0.2) is 0 Å². The van der Waals surface area contributed by atoms with E-state index in [0.717, 1.165) is 17.8 Å². The van der Waals surface area contributed by atoms with Crippen LogP contribution in [-0.4, -0.2) is 17.7 Å². The van der Waals surface area contributed by atoms with Gasteiger partial charge >= 0.3 is 0 Å². The van der Waals surface area contributed by atoms with E-state index in [4.69, 9.17) is 5.73 Å². The monoisotopic (exact) mass is 189 g/mol. The molecular formula is C11H15N3.